The number of benzene rings is 5. The summed E-state index contributed by atoms with van der Waals surface area (Å²) < 4.78 is 118. The summed E-state index contributed by atoms with van der Waals surface area (Å²) in [4.78, 5) is 72.2. The van der Waals surface area contributed by atoms with Gasteiger partial charge in [0.25, 0.3) is 17.7 Å². The SMILES string of the molecule is COc1cc(C(=O)NCCOCCOCCOCCOCCOCCOCCOCCNC(=O)c2ccc(-c3ccc(N4CCN(C)CC4)c(NC(=O)c4c[nH]c(=O)cc4C(F)(F)F)c3)cc2)ccc1NC(=O)C1NC(CC(C)(C)C)C(C#N)(c2ccc(Cl)cc2F)C1c1cccc(Cl)c1F. The quantitative estimate of drug-likeness (QED) is 0.0158. The summed E-state index contributed by atoms with van der Waals surface area (Å²) in [5.74, 6) is -5.27. The molecule has 2 saturated heterocycles. The minimum atomic E-state index is -4.94. The molecule has 0 saturated carbocycles. The van der Waals surface area contributed by atoms with Crippen molar-refractivity contribution in [1.82, 2.24) is 25.8 Å². The molecule has 2 fully saturated rings. The van der Waals surface area contributed by atoms with Crippen LogP contribution in [0.25, 0.3) is 11.1 Å². The summed E-state index contributed by atoms with van der Waals surface area (Å²) in [5.41, 5.74) is -2.41. The second kappa shape index (κ2) is 37.7. The lowest BCUT2D eigenvalue weighted by Crippen LogP contribution is -2.45. The number of ether oxygens (including phenoxy) is 8. The lowest BCUT2D eigenvalue weighted by Gasteiger charge is -2.37. The van der Waals surface area contributed by atoms with Crippen LogP contribution in [0.4, 0.5) is 39.0 Å². The number of carbonyl (C=O) groups excluding carboxylic acids is 4. The highest BCUT2D eigenvalue weighted by molar-refractivity contribution is 6.31. The summed E-state index contributed by atoms with van der Waals surface area (Å²) >= 11 is 12.5. The van der Waals surface area contributed by atoms with Gasteiger partial charge < -0.3 is 79.3 Å². The molecule has 5 aromatic carbocycles. The standard InChI is InChI=1S/C72H84Cl2F5N9O13/c1-70(2,3)43-61-71(45-80,53-16-15-50(73)41-56(53)75)63(51-7-6-8-55(74)64(51)76)65(86-61)69(93)84-57-17-13-49(40-60(57)94-5)67(91)82-20-26-96-28-30-98-32-34-100-36-38-101-37-35-99-33-31-97-29-27-95-25-19-81-66(90)47-11-9-46(10-12-47)48-14-18-59(88-23-21-87(4)22-24-88)58(39-48)85-68(92)52-44-83-62(89)42-54(52)72(77,78)79/h6-18,39-42,44,61,63,65,86H,19-38,43H2,1-5H3,(H,81,90)(H,82,91)(H,83,89)(H,84,93)(H,85,92). The molecule has 22 nitrogen and oxygen atoms in total. The monoisotopic (exact) mass is 1450 g/mol. The van der Waals surface area contributed by atoms with E-state index in [0.717, 1.165) is 25.4 Å². The number of anilines is 3. The average Bonchev–Trinajstić information content (AvgIpc) is 1.57. The molecule has 101 heavy (non-hydrogen) atoms. The predicted octanol–water partition coefficient (Wildman–Crippen LogP) is 9.89. The van der Waals surface area contributed by atoms with Crippen LogP contribution in [0.5, 0.6) is 5.75 Å². The van der Waals surface area contributed by atoms with Crippen LogP contribution < -0.4 is 41.8 Å². The van der Waals surface area contributed by atoms with Crippen LogP contribution in [0.3, 0.4) is 0 Å². The van der Waals surface area contributed by atoms with Gasteiger partial charge >= 0.3 is 6.18 Å². The summed E-state index contributed by atoms with van der Waals surface area (Å²) in [6.45, 7) is 13.4. The van der Waals surface area contributed by atoms with E-state index in [9.17, 15) is 42.4 Å². The van der Waals surface area contributed by atoms with Crippen LogP contribution >= 0.6 is 23.2 Å². The Hall–Kier alpha value is -8.11. The van der Waals surface area contributed by atoms with E-state index in [4.69, 9.17) is 61.1 Å². The number of carbonyl (C=O) groups is 4. The first-order valence-corrected chi connectivity index (χ1v) is 33.6. The molecular weight excluding hydrogens is 1360 g/mol. The number of H-pyrrole nitrogens is 1. The van der Waals surface area contributed by atoms with Gasteiger partial charge in [0.1, 0.15) is 22.8 Å². The minimum absolute atomic E-state index is 0.0581. The van der Waals surface area contributed by atoms with E-state index in [-0.39, 0.29) is 89.1 Å². The Labute approximate surface area is 592 Å². The van der Waals surface area contributed by atoms with Gasteiger partial charge in [-0.1, -0.05) is 80.4 Å². The first kappa shape index (κ1) is 78.6. The molecule has 3 heterocycles. The van der Waals surface area contributed by atoms with Crippen LogP contribution in [0.15, 0.2) is 114 Å². The van der Waals surface area contributed by atoms with Crippen molar-refractivity contribution in [2.75, 3.05) is 161 Å². The fourth-order valence-corrected chi connectivity index (χ4v) is 12.2. The third kappa shape index (κ3) is 22.0. The van der Waals surface area contributed by atoms with Crippen molar-refractivity contribution in [3.05, 3.63) is 175 Å². The third-order valence-corrected chi connectivity index (χ3v) is 17.3. The minimum Gasteiger partial charge on any atom is -0.495 e. The van der Waals surface area contributed by atoms with Gasteiger partial charge in [-0.2, -0.15) is 18.4 Å². The van der Waals surface area contributed by atoms with Crippen LogP contribution in [-0.4, -0.2) is 192 Å². The summed E-state index contributed by atoms with van der Waals surface area (Å²) in [5, 5.41) is 25.4. The van der Waals surface area contributed by atoms with E-state index in [2.05, 4.69) is 42.5 Å². The number of hydrogen-bond donors (Lipinski definition) is 6. The Balaban J connectivity index is 0.634. The number of amides is 4. The number of methoxy groups -OCH3 is 1. The molecule has 4 amide bonds. The van der Waals surface area contributed by atoms with Gasteiger partial charge in [-0.05, 0) is 96.2 Å². The van der Waals surface area contributed by atoms with E-state index in [1.807, 2.05) is 38.8 Å². The van der Waals surface area contributed by atoms with Gasteiger partial charge in [0.15, 0.2) is 0 Å². The van der Waals surface area contributed by atoms with Gasteiger partial charge in [-0.3, -0.25) is 24.0 Å². The van der Waals surface area contributed by atoms with Crippen LogP contribution in [-0.2, 0) is 49.5 Å². The zero-order valence-electron chi connectivity index (χ0n) is 56.8. The lowest BCUT2D eigenvalue weighted by atomic mass is 9.62. The molecule has 2 aliphatic rings. The largest absolute Gasteiger partial charge is 0.495 e. The number of pyridine rings is 1. The van der Waals surface area contributed by atoms with Crippen LogP contribution in [0, 0.1) is 28.4 Å². The fourth-order valence-electron chi connectivity index (χ4n) is 11.8. The highest BCUT2D eigenvalue weighted by Crippen LogP contribution is 2.53. The van der Waals surface area contributed by atoms with Gasteiger partial charge in [-0.25, -0.2) is 8.78 Å². The fraction of sp³-hybridized carbons (Fsp3) is 0.444. The first-order valence-electron chi connectivity index (χ1n) is 32.9. The number of nitriles is 1. The van der Waals surface area contributed by atoms with Crippen molar-refractivity contribution in [3.8, 4) is 22.9 Å². The molecule has 0 spiro atoms. The average molecular weight is 1450 g/mol. The van der Waals surface area contributed by atoms with Crippen LogP contribution in [0.2, 0.25) is 10.0 Å². The summed E-state index contributed by atoms with van der Waals surface area (Å²) in [6.07, 6.45) is -3.90. The zero-order chi connectivity index (χ0) is 72.7. The lowest BCUT2D eigenvalue weighted by molar-refractivity contribution is -0.138. The molecule has 4 unspecified atom stereocenters. The number of aromatic amines is 1. The molecule has 544 valence electrons. The molecule has 29 heteroatoms. The third-order valence-electron chi connectivity index (χ3n) is 16.8. The van der Waals surface area contributed by atoms with E-state index >= 15 is 8.78 Å². The number of aromatic nitrogens is 1. The molecule has 0 aliphatic carbocycles. The van der Waals surface area contributed by atoms with E-state index in [1.54, 1.807) is 36.4 Å². The topological polar surface area (TPSA) is 265 Å². The molecule has 6 aromatic rings. The maximum absolute atomic E-state index is 16.2. The molecule has 1 aromatic heterocycles. The maximum atomic E-state index is 16.2. The van der Waals surface area contributed by atoms with Crippen molar-refractivity contribution >= 4 is 63.9 Å². The first-order chi connectivity index (χ1) is 48.4. The molecule has 4 atom stereocenters. The van der Waals surface area contributed by atoms with Crippen LogP contribution in [0.1, 0.15) is 80.9 Å². The number of nitrogens with zero attached hydrogens (tertiary/aromatic N) is 3. The van der Waals surface area contributed by atoms with Gasteiger partial charge in [-0.15, -0.1) is 0 Å². The molecule has 2 aliphatic heterocycles. The van der Waals surface area contributed by atoms with Gasteiger partial charge in [0.05, 0.1) is 145 Å². The number of nitrogens with one attached hydrogen (secondary N) is 6. The molecular formula is C72H84Cl2F5N9O13. The predicted molar refractivity (Wildman–Crippen MR) is 371 cm³/mol. The number of likely N-dealkylation sites (N-methyl/N-ethyl adjacent to an activating group) is 1. The second-order valence-electron chi connectivity index (χ2n) is 25.1. The highest BCUT2D eigenvalue weighted by Gasteiger charge is 2.61. The number of alkyl halides is 3. The Morgan fingerprint density at radius 3 is 1.75 bits per heavy atom. The van der Waals surface area contributed by atoms with Crippen molar-refractivity contribution in [2.45, 2.75) is 56.8 Å². The van der Waals surface area contributed by atoms with Crippen molar-refractivity contribution < 1.29 is 79.0 Å². The highest BCUT2D eigenvalue weighted by atomic mass is 35.5. The smallest absolute Gasteiger partial charge is 0.417 e. The Bertz CT molecular complexity index is 3870. The van der Waals surface area contributed by atoms with E-state index in [1.165, 1.54) is 55.6 Å². The van der Waals surface area contributed by atoms with Crippen molar-refractivity contribution in [2.24, 2.45) is 5.41 Å². The number of halogens is 7. The summed E-state index contributed by atoms with van der Waals surface area (Å²) in [6, 6.07) is 25.2. The number of hydrogen-bond acceptors (Lipinski definition) is 17. The zero-order valence-corrected chi connectivity index (χ0v) is 58.3. The van der Waals surface area contributed by atoms with Crippen molar-refractivity contribution in [3.63, 3.8) is 0 Å². The normalized spacial score (nSPS) is 17.1. The van der Waals surface area contributed by atoms with Gasteiger partial charge in [0.2, 0.25) is 11.5 Å². The molecule has 0 radical (unpaired) electrons. The molecule has 6 N–H and O–H groups in total. The summed E-state index contributed by atoms with van der Waals surface area (Å²) in [7, 11) is 3.35. The Morgan fingerprint density at radius 1 is 0.653 bits per heavy atom. The molecule has 8 rings (SSSR count). The van der Waals surface area contributed by atoms with E-state index < -0.39 is 81.1 Å². The van der Waals surface area contributed by atoms with Gasteiger partial charge in [0, 0.05) is 85.2 Å². The second-order valence-corrected chi connectivity index (χ2v) is 25.9. The Kier molecular flexibility index (Phi) is 29.3. The van der Waals surface area contributed by atoms with Crippen molar-refractivity contribution in [1.29, 1.82) is 5.26 Å². The number of piperazine rings is 1. The maximum Gasteiger partial charge on any atom is 0.417 e. The number of rotatable bonds is 36. The Morgan fingerprint density at radius 2 is 1.21 bits per heavy atom. The molecule has 0 bridgehead atoms. The van der Waals surface area contributed by atoms with E-state index in [0.29, 0.717) is 114 Å².